The van der Waals surface area contributed by atoms with E-state index in [0.29, 0.717) is 5.75 Å². The molecule has 0 fully saturated rings. The number of carbonyl (C=O) groups is 2. The number of nitrogens with one attached hydrogen (secondary N) is 1. The van der Waals surface area contributed by atoms with E-state index in [1.54, 1.807) is 19.1 Å². The number of carbonyl (C=O) groups excluding carboxylic acids is 1. The van der Waals surface area contributed by atoms with Crippen molar-refractivity contribution in [2.24, 2.45) is 5.92 Å². The minimum absolute atomic E-state index is 0.160. The average Bonchev–Trinajstić information content (AvgIpc) is 2.64. The van der Waals surface area contributed by atoms with Crippen molar-refractivity contribution in [2.45, 2.75) is 26.3 Å². The van der Waals surface area contributed by atoms with Gasteiger partial charge in [-0.3, -0.25) is 9.59 Å². The van der Waals surface area contributed by atoms with E-state index < -0.39 is 17.9 Å². The maximum Gasteiger partial charge on any atom is 0.308 e. The summed E-state index contributed by atoms with van der Waals surface area (Å²) < 4.78 is 5.61. The number of rotatable bonds is 8. The Kier molecular flexibility index (Phi) is 6.57. The highest BCUT2D eigenvalue weighted by molar-refractivity contribution is 5.79. The van der Waals surface area contributed by atoms with Gasteiger partial charge in [0.2, 0.25) is 0 Å². The Morgan fingerprint density at radius 3 is 2.36 bits per heavy atom. The predicted molar refractivity (Wildman–Crippen MR) is 95.4 cm³/mol. The van der Waals surface area contributed by atoms with Gasteiger partial charge in [-0.15, -0.1) is 0 Å². The molecule has 1 amide bonds. The zero-order chi connectivity index (χ0) is 18.2. The lowest BCUT2D eigenvalue weighted by Crippen LogP contribution is -2.38. The molecule has 0 radical (unpaired) electrons. The summed E-state index contributed by atoms with van der Waals surface area (Å²) in [6.45, 7) is 3.43. The van der Waals surface area contributed by atoms with E-state index >= 15 is 0 Å². The summed E-state index contributed by atoms with van der Waals surface area (Å²) in [5, 5.41) is 12.1. The first-order valence-corrected chi connectivity index (χ1v) is 8.30. The SMILES string of the molecule is CCc1ccccc1OCC(=O)NC(c1ccccc1)C(C)C(=O)O. The highest BCUT2D eigenvalue weighted by Gasteiger charge is 2.26. The number of hydrogen-bond donors (Lipinski definition) is 2. The molecule has 132 valence electrons. The van der Waals surface area contributed by atoms with Gasteiger partial charge in [0.1, 0.15) is 5.75 Å². The first-order chi connectivity index (χ1) is 12.0. The van der Waals surface area contributed by atoms with Crippen molar-refractivity contribution in [2.75, 3.05) is 6.61 Å². The molecule has 0 aliphatic rings. The number of hydrogen-bond acceptors (Lipinski definition) is 3. The van der Waals surface area contributed by atoms with Gasteiger partial charge in [-0.1, -0.05) is 55.5 Å². The Labute approximate surface area is 147 Å². The number of aliphatic carboxylic acids is 1. The van der Waals surface area contributed by atoms with Crippen LogP contribution in [0.15, 0.2) is 54.6 Å². The number of carboxylic acid groups (broad SMARTS) is 1. The highest BCUT2D eigenvalue weighted by atomic mass is 16.5. The van der Waals surface area contributed by atoms with Crippen molar-refractivity contribution in [3.05, 3.63) is 65.7 Å². The van der Waals surface area contributed by atoms with Crippen molar-refractivity contribution >= 4 is 11.9 Å². The van der Waals surface area contributed by atoms with Crippen molar-refractivity contribution < 1.29 is 19.4 Å². The van der Waals surface area contributed by atoms with Crippen molar-refractivity contribution in [1.82, 2.24) is 5.32 Å². The molecule has 0 aliphatic heterocycles. The third-order valence-corrected chi connectivity index (χ3v) is 4.08. The molecule has 0 aromatic heterocycles. The van der Waals surface area contributed by atoms with Crippen LogP contribution in [-0.2, 0) is 16.0 Å². The molecule has 2 aromatic rings. The average molecular weight is 341 g/mol. The Morgan fingerprint density at radius 1 is 1.08 bits per heavy atom. The van der Waals surface area contributed by atoms with E-state index in [2.05, 4.69) is 5.32 Å². The van der Waals surface area contributed by atoms with Gasteiger partial charge in [0.25, 0.3) is 5.91 Å². The summed E-state index contributed by atoms with van der Waals surface area (Å²) in [6.07, 6.45) is 0.806. The summed E-state index contributed by atoms with van der Waals surface area (Å²) in [6, 6.07) is 16.0. The zero-order valence-corrected chi connectivity index (χ0v) is 14.4. The topological polar surface area (TPSA) is 75.6 Å². The number of para-hydroxylation sites is 1. The van der Waals surface area contributed by atoms with Crippen LogP contribution in [0.5, 0.6) is 5.75 Å². The molecule has 0 saturated carbocycles. The van der Waals surface area contributed by atoms with E-state index in [0.717, 1.165) is 17.5 Å². The fraction of sp³-hybridized carbons (Fsp3) is 0.300. The molecular formula is C20H23NO4. The van der Waals surface area contributed by atoms with E-state index in [-0.39, 0.29) is 12.5 Å². The van der Waals surface area contributed by atoms with Gasteiger partial charge in [-0.05, 0) is 30.5 Å². The Morgan fingerprint density at radius 2 is 1.72 bits per heavy atom. The monoisotopic (exact) mass is 341 g/mol. The largest absolute Gasteiger partial charge is 0.483 e. The molecule has 2 rings (SSSR count). The van der Waals surface area contributed by atoms with Crippen LogP contribution < -0.4 is 10.1 Å². The van der Waals surface area contributed by atoms with Gasteiger partial charge in [-0.25, -0.2) is 0 Å². The molecule has 2 unspecified atom stereocenters. The van der Waals surface area contributed by atoms with Crippen molar-refractivity contribution in [1.29, 1.82) is 0 Å². The predicted octanol–water partition coefficient (Wildman–Crippen LogP) is 3.21. The molecule has 0 aliphatic carbocycles. The highest BCUT2D eigenvalue weighted by Crippen LogP contribution is 2.22. The van der Waals surface area contributed by atoms with Crippen LogP contribution >= 0.6 is 0 Å². The number of ether oxygens (including phenoxy) is 1. The number of aryl methyl sites for hydroxylation is 1. The van der Waals surface area contributed by atoms with Gasteiger partial charge < -0.3 is 15.2 Å². The Hall–Kier alpha value is -2.82. The first kappa shape index (κ1) is 18.5. The minimum Gasteiger partial charge on any atom is -0.483 e. The van der Waals surface area contributed by atoms with Gasteiger partial charge in [-0.2, -0.15) is 0 Å². The van der Waals surface area contributed by atoms with Crippen molar-refractivity contribution in [3.8, 4) is 5.75 Å². The lowest BCUT2D eigenvalue weighted by molar-refractivity contribution is -0.142. The van der Waals surface area contributed by atoms with Crippen LogP contribution in [0.2, 0.25) is 0 Å². The molecule has 2 aromatic carbocycles. The molecule has 0 saturated heterocycles. The molecule has 25 heavy (non-hydrogen) atoms. The Bertz CT molecular complexity index is 715. The smallest absolute Gasteiger partial charge is 0.308 e. The normalized spacial score (nSPS) is 12.9. The van der Waals surface area contributed by atoms with E-state index in [1.165, 1.54) is 0 Å². The maximum absolute atomic E-state index is 12.3. The second-order valence-electron chi connectivity index (χ2n) is 5.83. The van der Waals surface area contributed by atoms with E-state index in [9.17, 15) is 14.7 Å². The molecular weight excluding hydrogens is 318 g/mol. The summed E-state index contributed by atoms with van der Waals surface area (Å²) in [5.74, 6) is -1.41. The third kappa shape index (κ3) is 5.08. The lowest BCUT2D eigenvalue weighted by atomic mass is 9.94. The van der Waals surface area contributed by atoms with Gasteiger partial charge >= 0.3 is 5.97 Å². The van der Waals surface area contributed by atoms with Gasteiger partial charge in [0.15, 0.2) is 6.61 Å². The van der Waals surface area contributed by atoms with Crippen LogP contribution in [0.3, 0.4) is 0 Å². The van der Waals surface area contributed by atoms with Crippen molar-refractivity contribution in [3.63, 3.8) is 0 Å². The fourth-order valence-electron chi connectivity index (χ4n) is 2.60. The second kappa shape index (κ2) is 8.87. The van der Waals surface area contributed by atoms with Crippen LogP contribution in [0.4, 0.5) is 0 Å². The molecule has 0 heterocycles. The Balaban J connectivity index is 2.05. The van der Waals surface area contributed by atoms with Gasteiger partial charge in [0, 0.05) is 0 Å². The van der Waals surface area contributed by atoms with Crippen LogP contribution in [0.25, 0.3) is 0 Å². The summed E-state index contributed by atoms with van der Waals surface area (Å²) in [5.41, 5.74) is 1.77. The summed E-state index contributed by atoms with van der Waals surface area (Å²) in [4.78, 5) is 23.7. The van der Waals surface area contributed by atoms with E-state index in [1.807, 2.05) is 49.4 Å². The molecule has 5 heteroatoms. The van der Waals surface area contributed by atoms with Crippen LogP contribution in [0.1, 0.15) is 31.0 Å². The molecule has 0 spiro atoms. The molecule has 0 bridgehead atoms. The molecule has 2 N–H and O–H groups in total. The lowest BCUT2D eigenvalue weighted by Gasteiger charge is -2.23. The maximum atomic E-state index is 12.3. The number of carboxylic acids is 1. The standard InChI is InChI=1S/C20H23NO4/c1-3-15-9-7-8-12-17(15)25-13-18(22)21-19(14(2)20(23)24)16-10-5-4-6-11-16/h4-12,14,19H,3,13H2,1-2H3,(H,21,22)(H,23,24). The molecule has 5 nitrogen and oxygen atoms in total. The van der Waals surface area contributed by atoms with Crippen LogP contribution in [0, 0.1) is 5.92 Å². The number of amides is 1. The van der Waals surface area contributed by atoms with Crippen LogP contribution in [-0.4, -0.2) is 23.6 Å². The fourth-order valence-corrected chi connectivity index (χ4v) is 2.60. The second-order valence-corrected chi connectivity index (χ2v) is 5.83. The summed E-state index contributed by atoms with van der Waals surface area (Å²) in [7, 11) is 0. The molecule has 2 atom stereocenters. The van der Waals surface area contributed by atoms with Gasteiger partial charge in [0.05, 0.1) is 12.0 Å². The quantitative estimate of drug-likeness (QED) is 0.773. The number of benzene rings is 2. The van der Waals surface area contributed by atoms with E-state index in [4.69, 9.17) is 4.74 Å². The zero-order valence-electron chi connectivity index (χ0n) is 14.4. The first-order valence-electron chi connectivity index (χ1n) is 8.30. The third-order valence-electron chi connectivity index (χ3n) is 4.08. The summed E-state index contributed by atoms with van der Waals surface area (Å²) >= 11 is 0. The minimum atomic E-state index is -0.966.